The number of aliphatic carboxylic acids is 1. The van der Waals surface area contributed by atoms with E-state index in [9.17, 15) is 14.7 Å². The lowest BCUT2D eigenvalue weighted by Gasteiger charge is -2.38. The number of nitrogens with zero attached hydrogens (tertiary/aromatic N) is 1. The summed E-state index contributed by atoms with van der Waals surface area (Å²) in [7, 11) is 0. The van der Waals surface area contributed by atoms with E-state index in [-0.39, 0.29) is 0 Å². The smallest absolute Gasteiger partial charge is 0.329 e. The Kier molecular flexibility index (Phi) is 3.21. The van der Waals surface area contributed by atoms with Gasteiger partial charge in [-0.25, -0.2) is 9.59 Å². The molecular formula is C15H15N3O3. The number of hydrogen-bond acceptors (Lipinski definition) is 3. The van der Waals surface area contributed by atoms with Crippen molar-refractivity contribution in [1.82, 2.24) is 10.3 Å². The number of hydrogen-bond donors (Lipinski definition) is 3. The number of anilines is 1. The summed E-state index contributed by atoms with van der Waals surface area (Å²) in [6.07, 6.45) is 3.38. The molecule has 1 saturated carbocycles. The summed E-state index contributed by atoms with van der Waals surface area (Å²) in [6, 6.07) is 8.65. The standard InChI is InChI=1S/C15H15N3O3/c19-13(20)15(7-3-8-15)18-14(21)17-11-6-1-4-10-5-2-9-16-12(10)11/h1-2,4-6,9H,3,7-8H2,(H,19,20)(H2,17,18,21). The summed E-state index contributed by atoms with van der Waals surface area (Å²) in [4.78, 5) is 27.5. The first-order chi connectivity index (χ1) is 10.1. The molecule has 0 spiro atoms. The van der Waals surface area contributed by atoms with Crippen molar-refractivity contribution in [3.63, 3.8) is 0 Å². The molecule has 6 nitrogen and oxygen atoms in total. The number of benzene rings is 1. The lowest BCUT2D eigenvalue weighted by molar-refractivity contribution is -0.148. The number of carboxylic acid groups (broad SMARTS) is 1. The van der Waals surface area contributed by atoms with E-state index in [0.717, 1.165) is 11.8 Å². The third-order valence-electron chi connectivity index (χ3n) is 3.85. The molecule has 0 atom stereocenters. The van der Waals surface area contributed by atoms with Gasteiger partial charge in [-0.15, -0.1) is 0 Å². The highest BCUT2D eigenvalue weighted by Crippen LogP contribution is 2.32. The first kappa shape index (κ1) is 13.4. The Morgan fingerprint density at radius 3 is 2.62 bits per heavy atom. The van der Waals surface area contributed by atoms with Crippen molar-refractivity contribution in [2.45, 2.75) is 24.8 Å². The van der Waals surface area contributed by atoms with Gasteiger partial charge in [-0.1, -0.05) is 18.2 Å². The van der Waals surface area contributed by atoms with Crippen LogP contribution in [0.1, 0.15) is 19.3 Å². The number of carboxylic acids is 1. The van der Waals surface area contributed by atoms with Crippen molar-refractivity contribution in [3.05, 3.63) is 36.5 Å². The van der Waals surface area contributed by atoms with Crippen LogP contribution < -0.4 is 10.6 Å². The predicted octanol–water partition coefficient (Wildman–Crippen LogP) is 2.36. The van der Waals surface area contributed by atoms with E-state index in [4.69, 9.17) is 0 Å². The van der Waals surface area contributed by atoms with E-state index >= 15 is 0 Å². The quantitative estimate of drug-likeness (QED) is 0.807. The summed E-state index contributed by atoms with van der Waals surface area (Å²) in [5.41, 5.74) is 0.112. The number of amides is 2. The van der Waals surface area contributed by atoms with Crippen LogP contribution in [0.5, 0.6) is 0 Å². The van der Waals surface area contributed by atoms with Gasteiger partial charge in [-0.05, 0) is 31.4 Å². The maximum absolute atomic E-state index is 12.1. The van der Waals surface area contributed by atoms with Crippen molar-refractivity contribution >= 4 is 28.6 Å². The minimum Gasteiger partial charge on any atom is -0.480 e. The van der Waals surface area contributed by atoms with Crippen molar-refractivity contribution < 1.29 is 14.7 Å². The number of para-hydroxylation sites is 1. The molecule has 0 bridgehead atoms. The van der Waals surface area contributed by atoms with E-state index in [1.807, 2.05) is 24.3 Å². The Bertz CT molecular complexity index is 705. The summed E-state index contributed by atoms with van der Waals surface area (Å²) in [5, 5.41) is 15.4. The molecule has 1 aliphatic carbocycles. The van der Waals surface area contributed by atoms with Crippen molar-refractivity contribution in [3.8, 4) is 0 Å². The number of rotatable bonds is 3. The molecular weight excluding hydrogens is 270 g/mol. The first-order valence-corrected chi connectivity index (χ1v) is 6.77. The molecule has 3 N–H and O–H groups in total. The van der Waals surface area contributed by atoms with E-state index in [2.05, 4.69) is 15.6 Å². The minimum atomic E-state index is -1.12. The van der Waals surface area contributed by atoms with Crippen molar-refractivity contribution in [2.75, 3.05) is 5.32 Å². The maximum atomic E-state index is 12.1. The van der Waals surface area contributed by atoms with Crippen LogP contribution >= 0.6 is 0 Å². The number of carbonyl (C=O) groups excluding carboxylic acids is 1. The van der Waals surface area contributed by atoms with E-state index in [0.29, 0.717) is 24.0 Å². The van der Waals surface area contributed by atoms with E-state index in [1.54, 1.807) is 12.3 Å². The van der Waals surface area contributed by atoms with Crippen molar-refractivity contribution in [2.24, 2.45) is 0 Å². The zero-order valence-electron chi connectivity index (χ0n) is 11.3. The molecule has 1 heterocycles. The van der Waals surface area contributed by atoms with Gasteiger partial charge in [0.15, 0.2) is 0 Å². The second kappa shape index (κ2) is 5.05. The topological polar surface area (TPSA) is 91.3 Å². The van der Waals surface area contributed by atoms with Crippen LogP contribution in [0.3, 0.4) is 0 Å². The van der Waals surface area contributed by atoms with Gasteiger partial charge < -0.3 is 15.7 Å². The Labute approximate surface area is 121 Å². The highest BCUT2D eigenvalue weighted by molar-refractivity contribution is 6.01. The molecule has 2 amide bonds. The molecule has 2 aromatic rings. The molecule has 21 heavy (non-hydrogen) atoms. The Balaban J connectivity index is 1.79. The van der Waals surface area contributed by atoms with Gasteiger partial charge >= 0.3 is 12.0 Å². The maximum Gasteiger partial charge on any atom is 0.329 e. The fourth-order valence-corrected chi connectivity index (χ4v) is 2.50. The fourth-order valence-electron chi connectivity index (χ4n) is 2.50. The van der Waals surface area contributed by atoms with Crippen LogP contribution in [0.15, 0.2) is 36.5 Å². The number of aromatic nitrogens is 1. The molecule has 6 heteroatoms. The molecule has 3 rings (SSSR count). The zero-order valence-corrected chi connectivity index (χ0v) is 11.3. The average Bonchev–Trinajstić information content (AvgIpc) is 2.43. The second-order valence-electron chi connectivity index (χ2n) is 5.20. The number of urea groups is 1. The van der Waals surface area contributed by atoms with Crippen LogP contribution in [-0.4, -0.2) is 27.6 Å². The molecule has 1 fully saturated rings. The van der Waals surface area contributed by atoms with Gasteiger partial charge in [0.25, 0.3) is 0 Å². The lowest BCUT2D eigenvalue weighted by Crippen LogP contribution is -2.60. The monoisotopic (exact) mass is 285 g/mol. The predicted molar refractivity (Wildman–Crippen MR) is 78.1 cm³/mol. The third-order valence-corrected chi connectivity index (χ3v) is 3.85. The summed E-state index contributed by atoms with van der Waals surface area (Å²) < 4.78 is 0. The van der Waals surface area contributed by atoms with E-state index in [1.165, 1.54) is 0 Å². The highest BCUT2D eigenvalue weighted by Gasteiger charge is 2.45. The summed E-state index contributed by atoms with van der Waals surface area (Å²) >= 11 is 0. The SMILES string of the molecule is O=C(Nc1cccc2cccnc12)NC1(C(=O)O)CCC1. The van der Waals surface area contributed by atoms with Gasteiger partial charge in [0.1, 0.15) is 5.54 Å². The number of nitrogens with one attached hydrogen (secondary N) is 2. The molecule has 0 saturated heterocycles. The van der Waals surface area contributed by atoms with Gasteiger partial charge in [0, 0.05) is 11.6 Å². The molecule has 1 aromatic carbocycles. The highest BCUT2D eigenvalue weighted by atomic mass is 16.4. The zero-order chi connectivity index (χ0) is 14.9. The Hall–Kier alpha value is -2.63. The summed E-state index contributed by atoms with van der Waals surface area (Å²) in [6.45, 7) is 0. The van der Waals surface area contributed by atoms with Crippen LogP contribution in [-0.2, 0) is 4.79 Å². The average molecular weight is 285 g/mol. The Morgan fingerprint density at radius 1 is 1.19 bits per heavy atom. The fraction of sp³-hybridized carbons (Fsp3) is 0.267. The van der Waals surface area contributed by atoms with Crippen LogP contribution in [0.25, 0.3) is 10.9 Å². The number of fused-ring (bicyclic) bond motifs is 1. The van der Waals surface area contributed by atoms with Gasteiger partial charge in [0.2, 0.25) is 0 Å². The second-order valence-corrected chi connectivity index (χ2v) is 5.20. The molecule has 0 unspecified atom stereocenters. The molecule has 0 radical (unpaired) electrons. The molecule has 1 aliphatic rings. The largest absolute Gasteiger partial charge is 0.480 e. The lowest BCUT2D eigenvalue weighted by atomic mass is 9.77. The van der Waals surface area contributed by atoms with Crippen LogP contribution in [0.4, 0.5) is 10.5 Å². The number of pyridine rings is 1. The summed E-state index contributed by atoms with van der Waals surface area (Å²) in [5.74, 6) is -0.986. The van der Waals surface area contributed by atoms with Gasteiger partial charge in [-0.2, -0.15) is 0 Å². The molecule has 0 aliphatic heterocycles. The van der Waals surface area contributed by atoms with Gasteiger partial charge in [-0.3, -0.25) is 4.98 Å². The van der Waals surface area contributed by atoms with E-state index < -0.39 is 17.5 Å². The third kappa shape index (κ3) is 2.40. The molecule has 1 aromatic heterocycles. The minimum absolute atomic E-state index is 0.462. The molecule has 108 valence electrons. The normalized spacial score (nSPS) is 16.0. The first-order valence-electron chi connectivity index (χ1n) is 6.77. The van der Waals surface area contributed by atoms with Crippen LogP contribution in [0, 0.1) is 0 Å². The van der Waals surface area contributed by atoms with Crippen LogP contribution in [0.2, 0.25) is 0 Å². The van der Waals surface area contributed by atoms with Gasteiger partial charge in [0.05, 0.1) is 11.2 Å². The van der Waals surface area contributed by atoms with Crippen molar-refractivity contribution in [1.29, 1.82) is 0 Å². The Morgan fingerprint density at radius 2 is 1.95 bits per heavy atom. The number of carbonyl (C=O) groups is 2.